The van der Waals surface area contributed by atoms with Gasteiger partial charge in [0.1, 0.15) is 5.76 Å². The number of aryl methyl sites for hydroxylation is 2. The van der Waals surface area contributed by atoms with E-state index in [1.54, 1.807) is 25.3 Å². The van der Waals surface area contributed by atoms with Crippen molar-refractivity contribution >= 4 is 40.2 Å². The van der Waals surface area contributed by atoms with Gasteiger partial charge in [-0.25, -0.2) is 0 Å². The molecule has 2 aromatic carbocycles. The highest BCUT2D eigenvalue weighted by Gasteiger charge is 2.10. The van der Waals surface area contributed by atoms with Crippen molar-refractivity contribution in [2.24, 2.45) is 0 Å². The molecule has 0 unspecified atom stereocenters. The lowest BCUT2D eigenvalue weighted by atomic mass is 10.1. The SMILES string of the molecule is COc1cc(Cl)cc2cc(C=CC(=O)Nc3cc(C)ccc3C)oc12. The number of carbonyl (C=O) groups excluding carboxylic acids is 1. The molecular formula is C20H18ClNO3. The molecule has 3 aromatic rings. The molecule has 3 rings (SSSR count). The van der Waals surface area contributed by atoms with Gasteiger partial charge in [-0.15, -0.1) is 0 Å². The monoisotopic (exact) mass is 355 g/mol. The number of ether oxygens (including phenoxy) is 1. The predicted molar refractivity (Wildman–Crippen MR) is 101 cm³/mol. The number of nitrogens with one attached hydrogen (secondary N) is 1. The topological polar surface area (TPSA) is 51.5 Å². The summed E-state index contributed by atoms with van der Waals surface area (Å²) < 4.78 is 11.0. The molecule has 0 saturated heterocycles. The largest absolute Gasteiger partial charge is 0.493 e. The van der Waals surface area contributed by atoms with E-state index >= 15 is 0 Å². The van der Waals surface area contributed by atoms with Crippen LogP contribution in [0.2, 0.25) is 5.02 Å². The fourth-order valence-electron chi connectivity index (χ4n) is 2.54. The molecule has 1 heterocycles. The van der Waals surface area contributed by atoms with E-state index in [-0.39, 0.29) is 5.91 Å². The lowest BCUT2D eigenvalue weighted by molar-refractivity contribution is -0.111. The molecule has 128 valence electrons. The highest BCUT2D eigenvalue weighted by atomic mass is 35.5. The summed E-state index contributed by atoms with van der Waals surface area (Å²) in [5.41, 5.74) is 3.50. The van der Waals surface area contributed by atoms with Crippen molar-refractivity contribution in [1.29, 1.82) is 0 Å². The minimum Gasteiger partial charge on any atom is -0.493 e. The van der Waals surface area contributed by atoms with Crippen molar-refractivity contribution in [2.45, 2.75) is 13.8 Å². The highest BCUT2D eigenvalue weighted by molar-refractivity contribution is 6.31. The Morgan fingerprint density at radius 2 is 2.00 bits per heavy atom. The number of rotatable bonds is 4. The number of halogens is 1. The zero-order valence-corrected chi connectivity index (χ0v) is 15.0. The van der Waals surface area contributed by atoms with Crippen LogP contribution in [0.3, 0.4) is 0 Å². The van der Waals surface area contributed by atoms with E-state index in [9.17, 15) is 4.79 Å². The van der Waals surface area contributed by atoms with Gasteiger partial charge in [-0.3, -0.25) is 4.79 Å². The standard InChI is InChI=1S/C20H18ClNO3/c1-12-4-5-13(2)17(8-12)22-19(23)7-6-16-10-14-9-15(21)11-18(24-3)20(14)25-16/h4-11H,1-3H3,(H,22,23). The van der Waals surface area contributed by atoms with E-state index in [1.165, 1.54) is 6.08 Å². The van der Waals surface area contributed by atoms with Gasteiger partial charge in [-0.1, -0.05) is 23.7 Å². The number of amides is 1. The summed E-state index contributed by atoms with van der Waals surface area (Å²) in [4.78, 5) is 12.2. The molecule has 1 N–H and O–H groups in total. The van der Waals surface area contributed by atoms with E-state index in [2.05, 4.69) is 5.32 Å². The van der Waals surface area contributed by atoms with Gasteiger partial charge >= 0.3 is 0 Å². The molecule has 25 heavy (non-hydrogen) atoms. The predicted octanol–water partition coefficient (Wildman–Crippen LogP) is 5.36. The van der Waals surface area contributed by atoms with Crippen LogP contribution >= 0.6 is 11.6 Å². The average molecular weight is 356 g/mol. The third kappa shape index (κ3) is 3.86. The molecule has 0 radical (unpaired) electrons. The average Bonchev–Trinajstić information content (AvgIpc) is 2.98. The molecule has 0 spiro atoms. The van der Waals surface area contributed by atoms with Crippen molar-refractivity contribution in [2.75, 3.05) is 12.4 Å². The number of methoxy groups -OCH3 is 1. The van der Waals surface area contributed by atoms with Gasteiger partial charge in [0, 0.05) is 28.2 Å². The van der Waals surface area contributed by atoms with Crippen LogP contribution in [0.1, 0.15) is 16.9 Å². The summed E-state index contributed by atoms with van der Waals surface area (Å²) in [6.45, 7) is 3.94. The number of fused-ring (bicyclic) bond motifs is 1. The second kappa shape index (κ2) is 7.03. The van der Waals surface area contributed by atoms with Gasteiger partial charge in [-0.05, 0) is 49.2 Å². The third-order valence-electron chi connectivity index (χ3n) is 3.84. The Bertz CT molecular complexity index is 972. The molecule has 0 aliphatic rings. The Balaban J connectivity index is 1.80. The fourth-order valence-corrected chi connectivity index (χ4v) is 2.76. The summed E-state index contributed by atoms with van der Waals surface area (Å²) in [6, 6.07) is 11.2. The summed E-state index contributed by atoms with van der Waals surface area (Å²) in [7, 11) is 1.56. The normalized spacial score (nSPS) is 11.2. The van der Waals surface area contributed by atoms with Crippen LogP contribution < -0.4 is 10.1 Å². The molecular weight excluding hydrogens is 338 g/mol. The van der Waals surface area contributed by atoms with Crippen LogP contribution in [0.15, 0.2) is 46.9 Å². The smallest absolute Gasteiger partial charge is 0.248 e. The van der Waals surface area contributed by atoms with Gasteiger partial charge in [0.25, 0.3) is 0 Å². The lowest BCUT2D eigenvalue weighted by Crippen LogP contribution is -2.09. The van der Waals surface area contributed by atoms with Crippen molar-refractivity contribution in [1.82, 2.24) is 0 Å². The first-order valence-corrected chi connectivity index (χ1v) is 8.17. The molecule has 4 nitrogen and oxygen atoms in total. The van der Waals surface area contributed by atoms with E-state index in [0.717, 1.165) is 22.2 Å². The van der Waals surface area contributed by atoms with Gasteiger partial charge in [-0.2, -0.15) is 0 Å². The zero-order valence-electron chi connectivity index (χ0n) is 14.2. The van der Waals surface area contributed by atoms with Crippen molar-refractivity contribution < 1.29 is 13.9 Å². The first kappa shape index (κ1) is 17.1. The quantitative estimate of drug-likeness (QED) is 0.640. The van der Waals surface area contributed by atoms with Crippen LogP contribution in [0.25, 0.3) is 17.0 Å². The maximum Gasteiger partial charge on any atom is 0.248 e. The Hall–Kier alpha value is -2.72. The van der Waals surface area contributed by atoms with Gasteiger partial charge in [0.15, 0.2) is 11.3 Å². The maximum absolute atomic E-state index is 12.2. The number of anilines is 1. The van der Waals surface area contributed by atoms with Crippen molar-refractivity contribution in [3.05, 3.63) is 64.4 Å². The number of hydrogen-bond donors (Lipinski definition) is 1. The summed E-state index contributed by atoms with van der Waals surface area (Å²) in [6.07, 6.45) is 3.06. The van der Waals surface area contributed by atoms with Gasteiger partial charge in [0.2, 0.25) is 5.91 Å². The number of benzene rings is 2. The van der Waals surface area contributed by atoms with E-state index in [4.69, 9.17) is 20.8 Å². The minimum atomic E-state index is -0.223. The molecule has 0 aliphatic heterocycles. The Morgan fingerprint density at radius 1 is 1.20 bits per heavy atom. The molecule has 0 bridgehead atoms. The Morgan fingerprint density at radius 3 is 2.76 bits per heavy atom. The highest BCUT2D eigenvalue weighted by Crippen LogP contribution is 2.32. The van der Waals surface area contributed by atoms with Crippen molar-refractivity contribution in [3.63, 3.8) is 0 Å². The molecule has 0 atom stereocenters. The third-order valence-corrected chi connectivity index (χ3v) is 4.05. The summed E-state index contributed by atoms with van der Waals surface area (Å²) in [5, 5.41) is 4.26. The second-order valence-corrected chi connectivity index (χ2v) is 6.25. The van der Waals surface area contributed by atoms with Crippen LogP contribution in [-0.4, -0.2) is 13.0 Å². The maximum atomic E-state index is 12.2. The first-order valence-electron chi connectivity index (χ1n) is 7.79. The van der Waals surface area contributed by atoms with E-state index in [1.807, 2.05) is 38.1 Å². The second-order valence-electron chi connectivity index (χ2n) is 5.82. The molecule has 0 fully saturated rings. The van der Waals surface area contributed by atoms with Crippen molar-refractivity contribution in [3.8, 4) is 5.75 Å². The molecule has 1 aromatic heterocycles. The molecule has 0 saturated carbocycles. The zero-order chi connectivity index (χ0) is 18.0. The van der Waals surface area contributed by atoms with Gasteiger partial charge < -0.3 is 14.5 Å². The minimum absolute atomic E-state index is 0.223. The molecule has 0 aliphatic carbocycles. The van der Waals surface area contributed by atoms with Crippen LogP contribution in [0.4, 0.5) is 5.69 Å². The lowest BCUT2D eigenvalue weighted by Gasteiger charge is -2.07. The van der Waals surface area contributed by atoms with Crippen LogP contribution in [-0.2, 0) is 4.79 Å². The summed E-state index contributed by atoms with van der Waals surface area (Å²) in [5.74, 6) is 0.882. The molecule has 1 amide bonds. The van der Waals surface area contributed by atoms with E-state index in [0.29, 0.717) is 22.1 Å². The Kier molecular flexibility index (Phi) is 4.81. The Labute approximate surface area is 151 Å². The molecule has 5 heteroatoms. The first-order chi connectivity index (χ1) is 12.0. The van der Waals surface area contributed by atoms with Crippen LogP contribution in [0.5, 0.6) is 5.75 Å². The number of furan rings is 1. The number of carbonyl (C=O) groups is 1. The van der Waals surface area contributed by atoms with Gasteiger partial charge in [0.05, 0.1) is 7.11 Å². The number of hydrogen-bond acceptors (Lipinski definition) is 3. The van der Waals surface area contributed by atoms with Crippen LogP contribution in [0, 0.1) is 13.8 Å². The fraction of sp³-hybridized carbons (Fsp3) is 0.150. The summed E-state index contributed by atoms with van der Waals surface area (Å²) >= 11 is 6.05. The van der Waals surface area contributed by atoms with E-state index < -0.39 is 0 Å².